The molecule has 1 atom stereocenters. The molecule has 1 aliphatic carbocycles. The first-order valence-electron chi connectivity index (χ1n) is 8.00. The molecular formula is C18H17BrN2O2S. The number of amides is 1. The predicted molar refractivity (Wildman–Crippen MR) is 99.9 cm³/mol. The van der Waals surface area contributed by atoms with E-state index in [9.17, 15) is 4.79 Å². The van der Waals surface area contributed by atoms with Gasteiger partial charge >= 0.3 is 0 Å². The highest BCUT2D eigenvalue weighted by atomic mass is 79.9. The summed E-state index contributed by atoms with van der Waals surface area (Å²) in [6.07, 6.45) is 3.23. The van der Waals surface area contributed by atoms with Crippen molar-refractivity contribution in [2.24, 2.45) is 5.92 Å². The van der Waals surface area contributed by atoms with Crippen LogP contribution < -0.4 is 5.32 Å². The maximum absolute atomic E-state index is 12.6. The van der Waals surface area contributed by atoms with Gasteiger partial charge in [-0.25, -0.2) is 4.98 Å². The Morgan fingerprint density at radius 3 is 3.12 bits per heavy atom. The topological polar surface area (TPSA) is 55.1 Å². The van der Waals surface area contributed by atoms with Gasteiger partial charge in [0, 0.05) is 20.3 Å². The van der Waals surface area contributed by atoms with Crippen LogP contribution in [-0.4, -0.2) is 10.9 Å². The highest BCUT2D eigenvalue weighted by Gasteiger charge is 2.23. The number of nitrogens with zero attached hydrogens (tertiary/aromatic N) is 1. The van der Waals surface area contributed by atoms with E-state index in [1.165, 1.54) is 11.3 Å². The molecule has 0 fully saturated rings. The molecule has 1 aromatic carbocycles. The van der Waals surface area contributed by atoms with Crippen LogP contribution in [0.5, 0.6) is 0 Å². The lowest BCUT2D eigenvalue weighted by atomic mass is 9.93. The normalized spacial score (nSPS) is 17.0. The molecule has 24 heavy (non-hydrogen) atoms. The van der Waals surface area contributed by atoms with Crippen molar-refractivity contribution in [3.8, 4) is 0 Å². The van der Waals surface area contributed by atoms with E-state index in [1.54, 1.807) is 11.3 Å². The van der Waals surface area contributed by atoms with Crippen molar-refractivity contribution in [1.29, 1.82) is 0 Å². The maximum Gasteiger partial charge on any atom is 0.293 e. The molecule has 124 valence electrons. The average Bonchev–Trinajstić information content (AvgIpc) is 3.08. The number of carbonyl (C=O) groups excluding carboxylic acids is 1. The molecule has 0 aliphatic heterocycles. The third kappa shape index (κ3) is 2.78. The van der Waals surface area contributed by atoms with E-state index in [0.717, 1.165) is 34.0 Å². The fourth-order valence-electron chi connectivity index (χ4n) is 3.16. The molecule has 6 heteroatoms. The number of fused-ring (bicyclic) bond motifs is 2. The van der Waals surface area contributed by atoms with E-state index in [2.05, 4.69) is 33.2 Å². The Balaban J connectivity index is 1.62. The molecular weight excluding hydrogens is 388 g/mol. The van der Waals surface area contributed by atoms with E-state index in [4.69, 9.17) is 4.42 Å². The molecule has 0 saturated carbocycles. The smallest absolute Gasteiger partial charge is 0.293 e. The minimum Gasteiger partial charge on any atom is -0.451 e. The number of aryl methyl sites for hydroxylation is 2. The van der Waals surface area contributed by atoms with Crippen LogP contribution in [0, 0.1) is 12.8 Å². The van der Waals surface area contributed by atoms with Gasteiger partial charge in [-0.2, -0.15) is 0 Å². The number of nitrogens with one attached hydrogen (secondary N) is 1. The Kier molecular flexibility index (Phi) is 3.96. The Hall–Kier alpha value is -1.66. The standard InChI is InChI=1S/C18H17BrN2O2S/c1-9-3-5-13-15(7-9)24-18(20-13)21-17(22)16-10(2)12-8-11(19)4-6-14(12)23-16/h4,6,8-9H,3,5,7H2,1-2H3,(H,20,21,22). The van der Waals surface area contributed by atoms with Crippen LogP contribution in [0.25, 0.3) is 11.0 Å². The number of anilines is 1. The largest absolute Gasteiger partial charge is 0.451 e. The van der Waals surface area contributed by atoms with E-state index in [0.29, 0.717) is 22.4 Å². The number of thiazole rings is 1. The summed E-state index contributed by atoms with van der Waals surface area (Å²) in [6.45, 7) is 4.17. The number of hydrogen-bond donors (Lipinski definition) is 1. The molecule has 4 nitrogen and oxygen atoms in total. The van der Waals surface area contributed by atoms with Gasteiger partial charge in [0.25, 0.3) is 5.91 Å². The van der Waals surface area contributed by atoms with Gasteiger partial charge in [-0.05, 0) is 50.3 Å². The Morgan fingerprint density at radius 1 is 1.46 bits per heavy atom. The Morgan fingerprint density at radius 2 is 2.29 bits per heavy atom. The fraction of sp³-hybridized carbons (Fsp3) is 0.333. The maximum atomic E-state index is 12.6. The first-order valence-corrected chi connectivity index (χ1v) is 9.61. The lowest BCUT2D eigenvalue weighted by Crippen LogP contribution is -2.12. The van der Waals surface area contributed by atoms with E-state index in [1.807, 2.05) is 25.1 Å². The Bertz CT molecular complexity index is 944. The van der Waals surface area contributed by atoms with Crippen LogP contribution in [0.3, 0.4) is 0 Å². The fourth-order valence-corrected chi connectivity index (χ4v) is 4.68. The highest BCUT2D eigenvalue weighted by Crippen LogP contribution is 2.33. The molecule has 1 aliphatic rings. The second-order valence-electron chi connectivity index (χ2n) is 6.39. The molecule has 0 radical (unpaired) electrons. The van der Waals surface area contributed by atoms with Crippen LogP contribution in [0.1, 0.15) is 40.0 Å². The molecule has 0 spiro atoms. The number of rotatable bonds is 2. The minimum absolute atomic E-state index is 0.237. The van der Waals surface area contributed by atoms with E-state index in [-0.39, 0.29) is 5.91 Å². The number of benzene rings is 1. The van der Waals surface area contributed by atoms with Crippen LogP contribution in [0.4, 0.5) is 5.13 Å². The third-order valence-electron chi connectivity index (χ3n) is 4.51. The van der Waals surface area contributed by atoms with Crippen molar-refractivity contribution in [3.05, 3.63) is 44.6 Å². The second kappa shape index (κ2) is 6.01. The summed E-state index contributed by atoms with van der Waals surface area (Å²) in [5, 5.41) is 4.52. The van der Waals surface area contributed by atoms with Gasteiger partial charge in [-0.3, -0.25) is 10.1 Å². The lowest BCUT2D eigenvalue weighted by molar-refractivity contribution is 0.0998. The third-order valence-corrected chi connectivity index (χ3v) is 6.04. The van der Waals surface area contributed by atoms with Gasteiger partial charge in [0.15, 0.2) is 10.9 Å². The molecule has 1 N–H and O–H groups in total. The number of aromatic nitrogens is 1. The molecule has 4 rings (SSSR count). The summed E-state index contributed by atoms with van der Waals surface area (Å²) >= 11 is 5.04. The molecule has 3 aromatic rings. The average molecular weight is 405 g/mol. The van der Waals surface area contributed by atoms with Crippen LogP contribution in [0.2, 0.25) is 0 Å². The first kappa shape index (κ1) is 15.8. The SMILES string of the molecule is Cc1c(C(=O)Nc2nc3c(s2)CC(C)CC3)oc2ccc(Br)cc12. The molecule has 1 unspecified atom stereocenters. The summed E-state index contributed by atoms with van der Waals surface area (Å²) in [4.78, 5) is 18.5. The number of furan rings is 1. The number of halogens is 1. The summed E-state index contributed by atoms with van der Waals surface area (Å²) in [6, 6.07) is 5.74. The zero-order valence-electron chi connectivity index (χ0n) is 13.5. The lowest BCUT2D eigenvalue weighted by Gasteiger charge is -2.15. The van der Waals surface area contributed by atoms with Gasteiger partial charge in [-0.15, -0.1) is 11.3 Å². The van der Waals surface area contributed by atoms with Gasteiger partial charge in [0.2, 0.25) is 0 Å². The van der Waals surface area contributed by atoms with Crippen LogP contribution >= 0.6 is 27.3 Å². The summed E-state index contributed by atoms with van der Waals surface area (Å²) in [5.74, 6) is 0.807. The zero-order valence-corrected chi connectivity index (χ0v) is 15.9. The quantitative estimate of drug-likeness (QED) is 0.627. The van der Waals surface area contributed by atoms with Crippen LogP contribution in [-0.2, 0) is 12.8 Å². The van der Waals surface area contributed by atoms with Gasteiger partial charge < -0.3 is 4.42 Å². The van der Waals surface area contributed by atoms with E-state index >= 15 is 0 Å². The number of hydrogen-bond acceptors (Lipinski definition) is 4. The summed E-state index contributed by atoms with van der Waals surface area (Å²) < 4.78 is 6.72. The Labute approximate surface area is 152 Å². The van der Waals surface area contributed by atoms with E-state index < -0.39 is 0 Å². The monoisotopic (exact) mass is 404 g/mol. The van der Waals surface area contributed by atoms with Gasteiger partial charge in [0.1, 0.15) is 5.58 Å². The molecule has 0 saturated heterocycles. The second-order valence-corrected chi connectivity index (χ2v) is 8.39. The molecule has 1 amide bonds. The van der Waals surface area contributed by atoms with Gasteiger partial charge in [-0.1, -0.05) is 22.9 Å². The van der Waals surface area contributed by atoms with Crippen molar-refractivity contribution in [1.82, 2.24) is 4.98 Å². The van der Waals surface area contributed by atoms with Crippen molar-refractivity contribution >= 4 is 49.3 Å². The summed E-state index contributed by atoms with van der Waals surface area (Å²) in [5.41, 5.74) is 2.70. The van der Waals surface area contributed by atoms with Gasteiger partial charge in [0.05, 0.1) is 5.69 Å². The van der Waals surface area contributed by atoms with Crippen LogP contribution in [0.15, 0.2) is 27.1 Å². The zero-order chi connectivity index (χ0) is 16.8. The number of carbonyl (C=O) groups is 1. The molecule has 0 bridgehead atoms. The van der Waals surface area contributed by atoms with Crippen molar-refractivity contribution in [2.45, 2.75) is 33.1 Å². The molecule has 2 aromatic heterocycles. The first-order chi connectivity index (χ1) is 11.5. The summed E-state index contributed by atoms with van der Waals surface area (Å²) in [7, 11) is 0. The predicted octanol–water partition coefficient (Wildman–Crippen LogP) is 5.34. The highest BCUT2D eigenvalue weighted by molar-refractivity contribution is 9.10. The van der Waals surface area contributed by atoms with Crippen molar-refractivity contribution < 1.29 is 9.21 Å². The minimum atomic E-state index is -0.237. The van der Waals surface area contributed by atoms with Crippen molar-refractivity contribution in [3.63, 3.8) is 0 Å². The molecule has 2 heterocycles. The van der Waals surface area contributed by atoms with Crippen molar-refractivity contribution in [2.75, 3.05) is 5.32 Å².